The summed E-state index contributed by atoms with van der Waals surface area (Å²) in [6, 6.07) is 66.5. The molecule has 1 aliphatic carbocycles. The van der Waals surface area contributed by atoms with E-state index in [9.17, 15) is 0 Å². The van der Waals surface area contributed by atoms with Crippen LogP contribution in [0.1, 0.15) is 0 Å². The van der Waals surface area contributed by atoms with Gasteiger partial charge in [-0.1, -0.05) is 146 Å². The van der Waals surface area contributed by atoms with Gasteiger partial charge in [0.1, 0.15) is 0 Å². The van der Waals surface area contributed by atoms with Crippen molar-refractivity contribution in [2.75, 3.05) is 0 Å². The molecule has 0 amide bonds. The van der Waals surface area contributed by atoms with Crippen LogP contribution in [0, 0.1) is 0 Å². The van der Waals surface area contributed by atoms with Crippen LogP contribution >= 0.6 is 0 Å². The first kappa shape index (κ1) is 33.2. The average molecular weight is 752 g/mol. The van der Waals surface area contributed by atoms with Gasteiger partial charge in [0.2, 0.25) is 0 Å². The third kappa shape index (κ3) is 5.33. The molecule has 1 aliphatic rings. The van der Waals surface area contributed by atoms with Crippen LogP contribution in [-0.2, 0) is 0 Å². The summed E-state index contributed by atoms with van der Waals surface area (Å²) in [6.45, 7) is 0. The van der Waals surface area contributed by atoms with Gasteiger partial charge in [0, 0.05) is 51.1 Å². The maximum absolute atomic E-state index is 5.19. The summed E-state index contributed by atoms with van der Waals surface area (Å²) in [6.07, 6.45) is 3.91. The van der Waals surface area contributed by atoms with Crippen LogP contribution in [0.15, 0.2) is 200 Å². The number of hydrogen-bond donors (Lipinski definition) is 0. The number of rotatable bonds is 5. The third-order valence-corrected chi connectivity index (χ3v) is 11.7. The molecule has 8 aromatic carbocycles. The van der Waals surface area contributed by atoms with Gasteiger partial charge in [-0.05, 0) is 92.2 Å². The molecule has 0 atom stereocenters. The van der Waals surface area contributed by atoms with Crippen molar-refractivity contribution >= 4 is 32.6 Å². The summed E-state index contributed by atoms with van der Waals surface area (Å²) in [5.41, 5.74) is 15.6. The van der Waals surface area contributed by atoms with Gasteiger partial charge < -0.3 is 4.57 Å². The fourth-order valence-electron chi connectivity index (χ4n) is 9.01. The Morgan fingerprint density at radius 3 is 1.59 bits per heavy atom. The van der Waals surface area contributed by atoms with Crippen molar-refractivity contribution in [3.63, 3.8) is 0 Å². The summed E-state index contributed by atoms with van der Waals surface area (Å²) in [5.74, 6) is 1.89. The number of fused-ring (bicyclic) bond motifs is 9. The van der Waals surface area contributed by atoms with Gasteiger partial charge in [0.05, 0.1) is 11.0 Å². The Hall–Kier alpha value is -8.02. The summed E-state index contributed by atoms with van der Waals surface area (Å²) < 4.78 is 2.40. The van der Waals surface area contributed by atoms with Crippen LogP contribution in [0.2, 0.25) is 0 Å². The molecule has 59 heavy (non-hydrogen) atoms. The molecule has 3 aromatic heterocycles. The Morgan fingerprint density at radius 1 is 0.322 bits per heavy atom. The monoisotopic (exact) mass is 751 g/mol. The molecule has 0 unspecified atom stereocenters. The molecule has 3 heterocycles. The molecule has 5 heteroatoms. The molecule has 0 spiro atoms. The number of hydrogen-bond acceptors (Lipinski definition) is 4. The summed E-state index contributed by atoms with van der Waals surface area (Å²) >= 11 is 0. The molecule has 274 valence electrons. The Labute approximate surface area is 340 Å². The lowest BCUT2D eigenvalue weighted by Crippen LogP contribution is -2.00. The van der Waals surface area contributed by atoms with E-state index in [0.717, 1.165) is 49.9 Å². The topological polar surface area (TPSA) is 56.5 Å². The Morgan fingerprint density at radius 2 is 0.864 bits per heavy atom. The minimum atomic E-state index is 0.624. The molecule has 0 saturated carbocycles. The van der Waals surface area contributed by atoms with Gasteiger partial charge in [-0.15, -0.1) is 0 Å². The van der Waals surface area contributed by atoms with Crippen molar-refractivity contribution in [2.45, 2.75) is 0 Å². The first-order valence-electron chi connectivity index (χ1n) is 19.9. The van der Waals surface area contributed by atoms with Gasteiger partial charge in [-0.2, -0.15) is 0 Å². The number of para-hydroxylation sites is 1. The highest BCUT2D eigenvalue weighted by molar-refractivity contribution is 6.28. The number of aromatic nitrogens is 5. The highest BCUT2D eigenvalue weighted by Gasteiger charge is 2.26. The lowest BCUT2D eigenvalue weighted by Gasteiger charge is -2.14. The van der Waals surface area contributed by atoms with E-state index in [0.29, 0.717) is 17.5 Å². The molecule has 0 radical (unpaired) electrons. The van der Waals surface area contributed by atoms with Crippen LogP contribution in [0.5, 0.6) is 0 Å². The second-order valence-corrected chi connectivity index (χ2v) is 15.0. The van der Waals surface area contributed by atoms with Crippen molar-refractivity contribution in [1.82, 2.24) is 24.5 Å². The molecule has 0 saturated heterocycles. The second kappa shape index (κ2) is 13.3. The van der Waals surface area contributed by atoms with Crippen LogP contribution in [-0.4, -0.2) is 24.5 Å². The summed E-state index contributed by atoms with van der Waals surface area (Å²) in [5, 5.41) is 4.76. The fraction of sp³-hybridized carbons (Fsp3) is 0. The normalized spacial score (nSPS) is 11.7. The number of pyridine rings is 1. The van der Waals surface area contributed by atoms with E-state index in [-0.39, 0.29) is 0 Å². The SMILES string of the molecule is c1ccc(-c2ccc(-c3nc(-c4ccccc4)nc(-c4ccc5c(c4)c4c6cccc7c6c(cc4n5-c4ccccc4)-c4ccccc4-c4cnccc4-7)n3)cc2)cc1. The number of benzene rings is 8. The Balaban J connectivity index is 1.13. The molecular formula is C54H33N5. The smallest absolute Gasteiger partial charge is 0.164 e. The van der Waals surface area contributed by atoms with Crippen LogP contribution in [0.3, 0.4) is 0 Å². The maximum atomic E-state index is 5.19. The largest absolute Gasteiger partial charge is 0.309 e. The van der Waals surface area contributed by atoms with E-state index < -0.39 is 0 Å². The quantitative estimate of drug-likeness (QED) is 0.176. The zero-order valence-corrected chi connectivity index (χ0v) is 31.8. The minimum Gasteiger partial charge on any atom is -0.309 e. The van der Waals surface area contributed by atoms with Gasteiger partial charge in [0.15, 0.2) is 17.5 Å². The van der Waals surface area contributed by atoms with E-state index in [1.54, 1.807) is 0 Å². The fourth-order valence-corrected chi connectivity index (χ4v) is 9.01. The van der Waals surface area contributed by atoms with Gasteiger partial charge in [0.25, 0.3) is 0 Å². The van der Waals surface area contributed by atoms with E-state index in [4.69, 9.17) is 15.0 Å². The van der Waals surface area contributed by atoms with Crippen molar-refractivity contribution in [1.29, 1.82) is 0 Å². The van der Waals surface area contributed by atoms with E-state index in [1.165, 1.54) is 49.5 Å². The highest BCUT2D eigenvalue weighted by Crippen LogP contribution is 2.50. The van der Waals surface area contributed by atoms with Gasteiger partial charge >= 0.3 is 0 Å². The van der Waals surface area contributed by atoms with E-state index in [1.807, 2.05) is 36.7 Å². The lowest BCUT2D eigenvalue weighted by molar-refractivity contribution is 1.07. The zero-order valence-electron chi connectivity index (χ0n) is 31.8. The first-order chi connectivity index (χ1) is 29.3. The molecule has 0 fully saturated rings. The molecule has 0 bridgehead atoms. The highest BCUT2D eigenvalue weighted by atomic mass is 15.0. The van der Waals surface area contributed by atoms with Crippen LogP contribution < -0.4 is 0 Å². The molecule has 11 aromatic rings. The third-order valence-electron chi connectivity index (χ3n) is 11.7. The maximum Gasteiger partial charge on any atom is 0.164 e. The molecule has 0 aliphatic heterocycles. The average Bonchev–Trinajstić information content (AvgIpc) is 3.59. The lowest BCUT2D eigenvalue weighted by atomic mass is 9.91. The summed E-state index contributed by atoms with van der Waals surface area (Å²) in [7, 11) is 0. The number of nitrogens with zero attached hydrogens (tertiary/aromatic N) is 5. The molecule has 12 rings (SSSR count). The molecule has 0 N–H and O–H groups in total. The van der Waals surface area contributed by atoms with Crippen molar-refractivity contribution in [3.8, 4) is 84.4 Å². The van der Waals surface area contributed by atoms with Gasteiger partial charge in [-0.3, -0.25) is 4.98 Å². The Bertz CT molecular complexity index is 3410. The van der Waals surface area contributed by atoms with Crippen molar-refractivity contribution in [2.24, 2.45) is 0 Å². The van der Waals surface area contributed by atoms with Gasteiger partial charge in [-0.25, -0.2) is 15.0 Å². The van der Waals surface area contributed by atoms with Crippen LogP contribution in [0.4, 0.5) is 0 Å². The predicted octanol–water partition coefficient (Wildman–Crippen LogP) is 13.5. The van der Waals surface area contributed by atoms with E-state index >= 15 is 0 Å². The molecule has 5 nitrogen and oxygen atoms in total. The zero-order chi connectivity index (χ0) is 38.9. The first-order valence-corrected chi connectivity index (χ1v) is 19.9. The summed E-state index contributed by atoms with van der Waals surface area (Å²) in [4.78, 5) is 20.0. The molecular weight excluding hydrogens is 719 g/mol. The standard InChI is InChI=1S/C54H33N5/c1-4-13-34(14-5-1)35-23-25-37(26-24-35)53-56-52(36-15-6-2-7-16-36)57-54(58-53)38-27-28-48-46(31-38)51-44-22-12-21-43-42-29-30-55-33-47(42)41-20-11-10-19-40(41)45(50(43)44)32-49(51)59(48)39-17-8-3-9-18-39/h1-33H. The Kier molecular flexibility index (Phi) is 7.47. The second-order valence-electron chi connectivity index (χ2n) is 15.0. The van der Waals surface area contributed by atoms with Crippen LogP contribution in [0.25, 0.3) is 117 Å². The van der Waals surface area contributed by atoms with E-state index in [2.05, 4.69) is 173 Å². The predicted molar refractivity (Wildman–Crippen MR) is 241 cm³/mol. The van der Waals surface area contributed by atoms with Crippen molar-refractivity contribution < 1.29 is 0 Å². The van der Waals surface area contributed by atoms with Crippen molar-refractivity contribution in [3.05, 3.63) is 200 Å². The minimum absolute atomic E-state index is 0.624.